The quantitative estimate of drug-likeness (QED) is 0.672. The highest BCUT2D eigenvalue weighted by Crippen LogP contribution is 2.30. The van der Waals surface area contributed by atoms with Crippen LogP contribution in [0.25, 0.3) is 0 Å². The largest absolute Gasteiger partial charge is 0.493 e. The van der Waals surface area contributed by atoms with Gasteiger partial charge in [-0.2, -0.15) is 13.2 Å². The van der Waals surface area contributed by atoms with Crippen molar-refractivity contribution in [1.29, 1.82) is 0 Å². The van der Waals surface area contributed by atoms with Gasteiger partial charge in [-0.05, 0) is 68.0 Å². The smallest absolute Gasteiger partial charge is 0.416 e. The molecule has 0 atom stereocenters. The van der Waals surface area contributed by atoms with Gasteiger partial charge in [0.2, 0.25) is 0 Å². The van der Waals surface area contributed by atoms with Crippen LogP contribution in [-0.4, -0.2) is 18.3 Å². The molecule has 0 spiro atoms. The molecule has 4 nitrogen and oxygen atoms in total. The zero-order valence-corrected chi connectivity index (χ0v) is 16.0. The Labute approximate surface area is 161 Å². The van der Waals surface area contributed by atoms with E-state index in [9.17, 15) is 13.2 Å². The molecule has 27 heavy (non-hydrogen) atoms. The second-order valence-corrected chi connectivity index (χ2v) is 6.44. The maximum Gasteiger partial charge on any atom is 0.416 e. The van der Waals surface area contributed by atoms with E-state index < -0.39 is 11.7 Å². The number of nitrogens with one attached hydrogen (secondary N) is 2. The first-order valence-electron chi connectivity index (χ1n) is 8.24. The summed E-state index contributed by atoms with van der Waals surface area (Å²) in [5.74, 6) is 1.27. The van der Waals surface area contributed by atoms with Gasteiger partial charge in [0.25, 0.3) is 0 Å². The number of hydrogen-bond acceptors (Lipinski definition) is 3. The fraction of sp³-hybridized carbons (Fsp3) is 0.316. The van der Waals surface area contributed by atoms with E-state index in [2.05, 4.69) is 10.6 Å². The summed E-state index contributed by atoms with van der Waals surface area (Å²) in [4.78, 5) is 0. The van der Waals surface area contributed by atoms with E-state index in [1.54, 1.807) is 7.11 Å². The Bertz CT molecular complexity index is 778. The number of thiocarbonyl (C=S) groups is 1. The first-order chi connectivity index (χ1) is 12.7. The number of rotatable bonds is 6. The van der Waals surface area contributed by atoms with E-state index in [1.807, 2.05) is 32.0 Å². The van der Waals surface area contributed by atoms with Gasteiger partial charge < -0.3 is 20.1 Å². The highest BCUT2D eigenvalue weighted by atomic mass is 32.1. The number of benzene rings is 2. The molecule has 2 rings (SSSR count). The second-order valence-electron chi connectivity index (χ2n) is 6.03. The van der Waals surface area contributed by atoms with Gasteiger partial charge in [-0.15, -0.1) is 0 Å². The van der Waals surface area contributed by atoms with Gasteiger partial charge in [-0.25, -0.2) is 0 Å². The first kappa shape index (κ1) is 20.8. The van der Waals surface area contributed by atoms with E-state index in [1.165, 1.54) is 12.1 Å². The van der Waals surface area contributed by atoms with E-state index in [0.29, 0.717) is 28.8 Å². The minimum absolute atomic E-state index is 0.0309. The average molecular weight is 398 g/mol. The van der Waals surface area contributed by atoms with Crippen LogP contribution in [0.3, 0.4) is 0 Å². The van der Waals surface area contributed by atoms with Crippen LogP contribution in [0.5, 0.6) is 11.5 Å². The minimum atomic E-state index is -4.36. The molecule has 2 aromatic carbocycles. The Morgan fingerprint density at radius 3 is 2.30 bits per heavy atom. The number of methoxy groups -OCH3 is 1. The maximum absolute atomic E-state index is 12.6. The normalized spacial score (nSPS) is 11.2. The molecule has 0 saturated carbocycles. The molecule has 146 valence electrons. The van der Waals surface area contributed by atoms with Crippen molar-refractivity contribution in [1.82, 2.24) is 5.32 Å². The Balaban J connectivity index is 1.93. The van der Waals surface area contributed by atoms with Crippen LogP contribution in [0.2, 0.25) is 0 Å². The lowest BCUT2D eigenvalue weighted by atomic mass is 10.2. The maximum atomic E-state index is 12.6. The molecule has 0 aliphatic carbocycles. The van der Waals surface area contributed by atoms with Gasteiger partial charge in [0, 0.05) is 12.2 Å². The first-order valence-corrected chi connectivity index (χ1v) is 8.65. The summed E-state index contributed by atoms with van der Waals surface area (Å²) < 4.78 is 48.7. The Morgan fingerprint density at radius 2 is 1.74 bits per heavy atom. The van der Waals surface area contributed by atoms with Gasteiger partial charge in [0.05, 0.1) is 18.8 Å². The molecular formula is C19H21F3N2O2S. The van der Waals surface area contributed by atoms with Gasteiger partial charge in [0.15, 0.2) is 16.6 Å². The molecule has 8 heteroatoms. The van der Waals surface area contributed by atoms with E-state index in [0.717, 1.165) is 17.7 Å². The van der Waals surface area contributed by atoms with Gasteiger partial charge >= 0.3 is 6.18 Å². The molecule has 0 aromatic heterocycles. The van der Waals surface area contributed by atoms with E-state index >= 15 is 0 Å². The summed E-state index contributed by atoms with van der Waals surface area (Å²) in [7, 11) is 1.57. The summed E-state index contributed by atoms with van der Waals surface area (Å²) in [6.45, 7) is 4.28. The van der Waals surface area contributed by atoms with Crippen molar-refractivity contribution in [2.24, 2.45) is 0 Å². The number of anilines is 1. The summed E-state index contributed by atoms with van der Waals surface area (Å²) in [5, 5.41) is 6.16. The SMILES string of the molecule is COc1cc(CNC(=S)Nc2ccc(C(F)(F)F)cc2)ccc1OC(C)C. The third kappa shape index (κ3) is 6.32. The Kier molecular flexibility index (Phi) is 6.90. The second kappa shape index (κ2) is 8.94. The zero-order chi connectivity index (χ0) is 20.0. The minimum Gasteiger partial charge on any atom is -0.493 e. The molecule has 0 fully saturated rings. The third-order valence-corrected chi connectivity index (χ3v) is 3.76. The summed E-state index contributed by atoms with van der Waals surface area (Å²) in [6, 6.07) is 10.2. The van der Waals surface area contributed by atoms with Gasteiger partial charge in [-0.3, -0.25) is 0 Å². The fourth-order valence-electron chi connectivity index (χ4n) is 2.27. The lowest BCUT2D eigenvalue weighted by molar-refractivity contribution is -0.137. The van der Waals surface area contributed by atoms with Crippen molar-refractivity contribution < 1.29 is 22.6 Å². The molecule has 0 bridgehead atoms. The molecule has 0 aliphatic rings. The number of halogens is 3. The summed E-state index contributed by atoms with van der Waals surface area (Å²) >= 11 is 5.19. The summed E-state index contributed by atoms with van der Waals surface area (Å²) in [6.07, 6.45) is -4.33. The van der Waals surface area contributed by atoms with Crippen LogP contribution < -0.4 is 20.1 Å². The number of alkyl halides is 3. The van der Waals surface area contributed by atoms with Crippen LogP contribution in [0.15, 0.2) is 42.5 Å². The van der Waals surface area contributed by atoms with Crippen LogP contribution in [-0.2, 0) is 12.7 Å². The Hall–Kier alpha value is -2.48. The van der Waals surface area contributed by atoms with Crippen molar-refractivity contribution in [3.63, 3.8) is 0 Å². The lowest BCUT2D eigenvalue weighted by Crippen LogP contribution is -2.27. The monoisotopic (exact) mass is 398 g/mol. The number of ether oxygens (including phenoxy) is 2. The molecule has 2 aromatic rings. The van der Waals surface area contributed by atoms with Crippen LogP contribution >= 0.6 is 12.2 Å². The van der Waals surface area contributed by atoms with Crippen molar-refractivity contribution in [3.8, 4) is 11.5 Å². The molecule has 0 radical (unpaired) electrons. The fourth-order valence-corrected chi connectivity index (χ4v) is 2.46. The summed E-state index contributed by atoms with van der Waals surface area (Å²) in [5.41, 5.74) is 0.681. The molecular weight excluding hydrogens is 377 g/mol. The van der Waals surface area contributed by atoms with Crippen LogP contribution in [0.4, 0.5) is 18.9 Å². The third-order valence-electron chi connectivity index (χ3n) is 3.51. The molecule has 0 unspecified atom stereocenters. The average Bonchev–Trinajstić information content (AvgIpc) is 2.60. The van der Waals surface area contributed by atoms with Crippen LogP contribution in [0, 0.1) is 0 Å². The highest BCUT2D eigenvalue weighted by molar-refractivity contribution is 7.80. The molecule has 0 amide bonds. The molecule has 0 heterocycles. The Morgan fingerprint density at radius 1 is 1.07 bits per heavy atom. The topological polar surface area (TPSA) is 42.5 Å². The molecule has 0 saturated heterocycles. The van der Waals surface area contributed by atoms with Crippen LogP contribution in [0.1, 0.15) is 25.0 Å². The number of hydrogen-bond donors (Lipinski definition) is 2. The molecule has 2 N–H and O–H groups in total. The lowest BCUT2D eigenvalue weighted by Gasteiger charge is -2.15. The van der Waals surface area contributed by atoms with E-state index in [-0.39, 0.29) is 6.10 Å². The van der Waals surface area contributed by atoms with Gasteiger partial charge in [-0.1, -0.05) is 6.07 Å². The predicted molar refractivity (Wildman–Crippen MR) is 103 cm³/mol. The van der Waals surface area contributed by atoms with Crippen molar-refractivity contribution >= 4 is 23.0 Å². The predicted octanol–water partition coefficient (Wildman–Crippen LogP) is 4.99. The van der Waals surface area contributed by atoms with Crippen molar-refractivity contribution in [3.05, 3.63) is 53.6 Å². The van der Waals surface area contributed by atoms with E-state index in [4.69, 9.17) is 21.7 Å². The van der Waals surface area contributed by atoms with Crippen molar-refractivity contribution in [2.45, 2.75) is 32.7 Å². The van der Waals surface area contributed by atoms with Crippen molar-refractivity contribution in [2.75, 3.05) is 12.4 Å². The zero-order valence-electron chi connectivity index (χ0n) is 15.2. The molecule has 0 aliphatic heterocycles. The van der Waals surface area contributed by atoms with Gasteiger partial charge in [0.1, 0.15) is 0 Å². The highest BCUT2D eigenvalue weighted by Gasteiger charge is 2.29. The standard InChI is InChI=1S/C19H21F3N2O2S/c1-12(2)26-16-9-4-13(10-17(16)25-3)11-23-18(27)24-15-7-5-14(6-8-15)19(20,21)22/h4-10,12H,11H2,1-3H3,(H2,23,24,27).